The zero-order valence-corrected chi connectivity index (χ0v) is 11.1. The third-order valence-corrected chi connectivity index (χ3v) is 2.89. The van der Waals surface area contributed by atoms with Gasteiger partial charge in [-0.1, -0.05) is 50.6 Å². The lowest BCUT2D eigenvalue weighted by Crippen LogP contribution is -2.00. The predicted octanol–water partition coefficient (Wildman–Crippen LogP) is 4.22. The number of rotatable bonds is 6. The number of hydrogen-bond donors (Lipinski definition) is 0. The third kappa shape index (κ3) is 6.18. The Balaban J connectivity index is 2.19. The second-order valence-corrected chi connectivity index (χ2v) is 4.44. The number of benzene rings is 1. The summed E-state index contributed by atoms with van der Waals surface area (Å²) >= 11 is 0. The van der Waals surface area contributed by atoms with Crippen molar-refractivity contribution in [1.82, 2.24) is 0 Å². The maximum Gasteiger partial charge on any atom is 0.433 e. The van der Waals surface area contributed by atoms with Gasteiger partial charge >= 0.3 is 6.09 Å². The second-order valence-electron chi connectivity index (χ2n) is 4.44. The summed E-state index contributed by atoms with van der Waals surface area (Å²) in [5.41, 5.74) is 0.973. The van der Waals surface area contributed by atoms with Crippen LogP contribution in [0.25, 0.3) is 0 Å². The quantitative estimate of drug-likeness (QED) is 0.706. The van der Waals surface area contributed by atoms with Gasteiger partial charge < -0.3 is 4.74 Å². The molecule has 0 aromatic heterocycles. The number of carbonyl (C=O) groups excluding carboxylic acids is 1. The summed E-state index contributed by atoms with van der Waals surface area (Å²) < 4.78 is 5.02. The van der Waals surface area contributed by atoms with Crippen LogP contribution < -0.4 is 0 Å². The molecule has 0 fully saturated rings. The number of ether oxygens (including phenoxy) is 1. The molecule has 18 heavy (non-hydrogen) atoms. The van der Waals surface area contributed by atoms with Crippen LogP contribution in [0.3, 0.4) is 0 Å². The third-order valence-electron chi connectivity index (χ3n) is 2.89. The minimum absolute atomic E-state index is 0.280. The van der Waals surface area contributed by atoms with Crippen molar-refractivity contribution in [1.29, 1.82) is 0 Å². The van der Waals surface area contributed by atoms with Gasteiger partial charge in [0.2, 0.25) is 0 Å². The lowest BCUT2D eigenvalue weighted by atomic mass is 10.0. The predicted molar refractivity (Wildman–Crippen MR) is 73.8 cm³/mol. The summed E-state index contributed by atoms with van der Waals surface area (Å²) in [6, 6.07) is 9.59. The first-order chi connectivity index (χ1) is 8.72. The van der Waals surface area contributed by atoms with E-state index in [2.05, 4.69) is 18.8 Å². The Morgan fingerprint density at radius 2 is 2.11 bits per heavy atom. The van der Waals surface area contributed by atoms with Crippen LogP contribution in [0.5, 0.6) is 0 Å². The van der Waals surface area contributed by atoms with Crippen LogP contribution in [0.15, 0.2) is 35.3 Å². The van der Waals surface area contributed by atoms with Gasteiger partial charge in [-0.15, -0.1) is 0 Å². The second kappa shape index (κ2) is 8.45. The van der Waals surface area contributed by atoms with Crippen LogP contribution in [0.1, 0.15) is 38.7 Å². The molecular formula is C15H21NO2. The van der Waals surface area contributed by atoms with Crippen molar-refractivity contribution in [3.63, 3.8) is 0 Å². The van der Waals surface area contributed by atoms with E-state index < -0.39 is 6.09 Å². The van der Waals surface area contributed by atoms with Gasteiger partial charge in [0, 0.05) is 6.21 Å². The molecule has 0 aliphatic rings. The molecule has 0 bridgehead atoms. The molecular weight excluding hydrogens is 226 g/mol. The number of carbonyl (C=O) groups is 1. The molecule has 1 rings (SSSR count). The smallest absolute Gasteiger partial charge is 0.433 e. The van der Waals surface area contributed by atoms with Crippen LogP contribution in [0.2, 0.25) is 0 Å². The fourth-order valence-corrected chi connectivity index (χ4v) is 1.46. The Morgan fingerprint density at radius 3 is 2.78 bits per heavy atom. The van der Waals surface area contributed by atoms with Gasteiger partial charge in [-0.05, 0) is 24.3 Å². The fourth-order valence-electron chi connectivity index (χ4n) is 1.46. The van der Waals surface area contributed by atoms with Gasteiger partial charge in [0.1, 0.15) is 6.61 Å². The molecule has 1 aromatic rings. The standard InChI is InChI=1S/C15H21NO2/c1-3-13(2)8-7-11-16-15(17)18-12-14-9-5-4-6-10-14/h4-6,9-11,13H,3,7-8,12H2,1-2H3. The average molecular weight is 247 g/mol. The molecule has 98 valence electrons. The Hall–Kier alpha value is -1.64. The highest BCUT2D eigenvalue weighted by Gasteiger charge is 2.00. The lowest BCUT2D eigenvalue weighted by molar-refractivity contribution is 0.151. The molecule has 0 spiro atoms. The highest BCUT2D eigenvalue weighted by molar-refractivity contribution is 5.79. The van der Waals surface area contributed by atoms with E-state index in [9.17, 15) is 4.79 Å². The highest BCUT2D eigenvalue weighted by Crippen LogP contribution is 2.07. The molecule has 0 saturated carbocycles. The van der Waals surface area contributed by atoms with Crippen molar-refractivity contribution in [2.75, 3.05) is 0 Å². The van der Waals surface area contributed by atoms with Crippen molar-refractivity contribution >= 4 is 12.3 Å². The summed E-state index contributed by atoms with van der Waals surface area (Å²) in [6.45, 7) is 4.64. The van der Waals surface area contributed by atoms with E-state index in [-0.39, 0.29) is 6.61 Å². The molecule has 0 heterocycles. The number of amides is 1. The molecule has 1 amide bonds. The van der Waals surface area contributed by atoms with Gasteiger partial charge in [-0.2, -0.15) is 4.99 Å². The Morgan fingerprint density at radius 1 is 1.39 bits per heavy atom. The van der Waals surface area contributed by atoms with Crippen molar-refractivity contribution in [2.45, 2.75) is 39.7 Å². The zero-order valence-electron chi connectivity index (χ0n) is 11.1. The van der Waals surface area contributed by atoms with Crippen LogP contribution >= 0.6 is 0 Å². The first kappa shape index (κ1) is 14.4. The van der Waals surface area contributed by atoms with Crippen molar-refractivity contribution < 1.29 is 9.53 Å². The van der Waals surface area contributed by atoms with Crippen molar-refractivity contribution in [2.24, 2.45) is 10.9 Å². The molecule has 3 heteroatoms. The van der Waals surface area contributed by atoms with E-state index in [1.807, 2.05) is 30.3 Å². The van der Waals surface area contributed by atoms with Gasteiger partial charge in [0.15, 0.2) is 0 Å². The van der Waals surface area contributed by atoms with Gasteiger partial charge in [-0.3, -0.25) is 0 Å². The van der Waals surface area contributed by atoms with Crippen molar-refractivity contribution in [3.05, 3.63) is 35.9 Å². The Kier molecular flexibility index (Phi) is 6.77. The lowest BCUT2D eigenvalue weighted by Gasteiger charge is -2.04. The van der Waals surface area contributed by atoms with E-state index in [0.717, 1.165) is 24.8 Å². The monoisotopic (exact) mass is 247 g/mol. The largest absolute Gasteiger partial charge is 0.443 e. The Bertz CT molecular complexity index is 373. The van der Waals surface area contributed by atoms with Gasteiger partial charge in [-0.25, -0.2) is 4.79 Å². The van der Waals surface area contributed by atoms with Crippen LogP contribution in [-0.4, -0.2) is 12.3 Å². The first-order valence-corrected chi connectivity index (χ1v) is 6.45. The molecule has 3 nitrogen and oxygen atoms in total. The molecule has 1 atom stereocenters. The molecule has 0 radical (unpaired) electrons. The van der Waals surface area contributed by atoms with Crippen LogP contribution in [0.4, 0.5) is 4.79 Å². The molecule has 0 aliphatic heterocycles. The molecule has 0 aliphatic carbocycles. The molecule has 0 N–H and O–H groups in total. The first-order valence-electron chi connectivity index (χ1n) is 6.45. The molecule has 1 aromatic carbocycles. The summed E-state index contributed by atoms with van der Waals surface area (Å²) in [5.74, 6) is 0.678. The minimum Gasteiger partial charge on any atom is -0.443 e. The SMILES string of the molecule is CCC(C)CCC=NC(=O)OCc1ccccc1. The molecule has 0 saturated heterocycles. The number of hydrogen-bond acceptors (Lipinski definition) is 2. The van der Waals surface area contributed by atoms with Gasteiger partial charge in [0.25, 0.3) is 0 Å². The number of nitrogens with zero attached hydrogens (tertiary/aromatic N) is 1. The molecule has 1 unspecified atom stereocenters. The van der Waals surface area contributed by atoms with Gasteiger partial charge in [0.05, 0.1) is 0 Å². The Labute approximate surface area is 109 Å². The van der Waals surface area contributed by atoms with Crippen LogP contribution in [-0.2, 0) is 11.3 Å². The minimum atomic E-state index is -0.511. The van der Waals surface area contributed by atoms with E-state index in [0.29, 0.717) is 5.92 Å². The maximum atomic E-state index is 11.3. The van der Waals surface area contributed by atoms with E-state index in [4.69, 9.17) is 4.74 Å². The summed E-state index contributed by atoms with van der Waals surface area (Å²) in [6.07, 6.45) is 4.19. The normalized spacial score (nSPS) is 12.6. The summed E-state index contributed by atoms with van der Waals surface area (Å²) in [4.78, 5) is 15.1. The summed E-state index contributed by atoms with van der Waals surface area (Å²) in [7, 11) is 0. The van der Waals surface area contributed by atoms with Crippen molar-refractivity contribution in [3.8, 4) is 0 Å². The fraction of sp³-hybridized carbons (Fsp3) is 0.467. The highest BCUT2D eigenvalue weighted by atomic mass is 16.5. The summed E-state index contributed by atoms with van der Waals surface area (Å²) in [5, 5.41) is 0. The maximum absolute atomic E-state index is 11.3. The van der Waals surface area contributed by atoms with E-state index in [1.54, 1.807) is 6.21 Å². The zero-order chi connectivity index (χ0) is 13.2. The van der Waals surface area contributed by atoms with E-state index in [1.165, 1.54) is 0 Å². The topological polar surface area (TPSA) is 38.7 Å². The average Bonchev–Trinajstić information content (AvgIpc) is 2.42. The van der Waals surface area contributed by atoms with Crippen LogP contribution in [0, 0.1) is 5.92 Å². The van der Waals surface area contributed by atoms with E-state index >= 15 is 0 Å². The number of aliphatic imine (C=N–C) groups is 1.